The molecule has 2 atom stereocenters. The molecule has 2 aromatic rings. The number of ether oxygens (including phenoxy) is 2. The molecule has 0 spiro atoms. The highest BCUT2D eigenvalue weighted by molar-refractivity contribution is 6.30. The summed E-state index contributed by atoms with van der Waals surface area (Å²) in [7, 11) is 1.42. The van der Waals surface area contributed by atoms with Gasteiger partial charge in [-0.3, -0.25) is 9.59 Å². The summed E-state index contributed by atoms with van der Waals surface area (Å²) in [5.41, 5.74) is 0.904. The maximum Gasteiger partial charge on any atom is 0.256 e. The van der Waals surface area contributed by atoms with Crippen molar-refractivity contribution in [1.29, 1.82) is 0 Å². The first kappa shape index (κ1) is 16.5. The molecule has 1 aliphatic rings. The van der Waals surface area contributed by atoms with Crippen LogP contribution in [-0.2, 0) is 4.74 Å². The van der Waals surface area contributed by atoms with Gasteiger partial charge >= 0.3 is 0 Å². The maximum absolute atomic E-state index is 12.5. The van der Waals surface area contributed by atoms with Gasteiger partial charge in [-0.25, -0.2) is 0 Å². The number of benzene rings is 1. The van der Waals surface area contributed by atoms with Crippen LogP contribution < -0.4 is 15.6 Å². The predicted octanol–water partition coefficient (Wildman–Crippen LogP) is 2.30. The summed E-state index contributed by atoms with van der Waals surface area (Å²) in [6.07, 6.45) is 1.81. The molecule has 1 aromatic carbocycles. The van der Waals surface area contributed by atoms with Gasteiger partial charge in [-0.2, -0.15) is 0 Å². The summed E-state index contributed by atoms with van der Waals surface area (Å²) in [6, 6.07) is 8.44. The van der Waals surface area contributed by atoms with E-state index in [1.165, 1.54) is 19.4 Å². The Labute approximate surface area is 143 Å². The standard InChI is InChI=1S/C17H17ClN2O4/c1-23-14-8-15(21)19-9-12(14)17(22)20-13-6-7-24-16(13)10-2-4-11(18)5-3-10/h2-5,8-9,13,16H,6-7H2,1H3,(H,19,21)(H,20,22)/t13-,16+/m1/s1. The summed E-state index contributed by atoms with van der Waals surface area (Å²) in [5.74, 6) is -0.0872. The second-order valence-electron chi connectivity index (χ2n) is 5.49. The molecule has 2 heterocycles. The zero-order valence-corrected chi connectivity index (χ0v) is 13.8. The second kappa shape index (κ2) is 7.07. The number of aromatic nitrogens is 1. The summed E-state index contributed by atoms with van der Waals surface area (Å²) < 4.78 is 10.9. The number of pyridine rings is 1. The number of amides is 1. The highest BCUT2D eigenvalue weighted by atomic mass is 35.5. The van der Waals surface area contributed by atoms with E-state index in [9.17, 15) is 9.59 Å². The molecule has 2 N–H and O–H groups in total. The molecule has 7 heteroatoms. The number of aromatic amines is 1. The molecule has 126 valence electrons. The number of carbonyl (C=O) groups is 1. The van der Waals surface area contributed by atoms with E-state index < -0.39 is 0 Å². The Hall–Kier alpha value is -2.31. The van der Waals surface area contributed by atoms with Gasteiger partial charge in [0.1, 0.15) is 11.9 Å². The molecule has 0 bridgehead atoms. The number of hydrogen-bond donors (Lipinski definition) is 2. The van der Waals surface area contributed by atoms with Crippen LogP contribution in [0.5, 0.6) is 5.75 Å². The van der Waals surface area contributed by atoms with Crippen LogP contribution in [0.25, 0.3) is 0 Å². The number of methoxy groups -OCH3 is 1. The van der Waals surface area contributed by atoms with Crippen LogP contribution in [0.4, 0.5) is 0 Å². The lowest BCUT2D eigenvalue weighted by Gasteiger charge is -2.20. The fourth-order valence-electron chi connectivity index (χ4n) is 2.76. The van der Waals surface area contributed by atoms with E-state index in [0.717, 1.165) is 5.56 Å². The average Bonchev–Trinajstić information content (AvgIpc) is 3.03. The van der Waals surface area contributed by atoms with Gasteiger partial charge in [0.25, 0.3) is 11.5 Å². The quantitative estimate of drug-likeness (QED) is 0.888. The number of rotatable bonds is 4. The minimum Gasteiger partial charge on any atom is -0.496 e. The Morgan fingerprint density at radius 1 is 1.38 bits per heavy atom. The molecule has 1 fully saturated rings. The largest absolute Gasteiger partial charge is 0.496 e. The summed E-state index contributed by atoms with van der Waals surface area (Å²) in [6.45, 7) is 0.557. The van der Waals surface area contributed by atoms with Gasteiger partial charge in [0.2, 0.25) is 0 Å². The van der Waals surface area contributed by atoms with Crippen LogP contribution in [0.2, 0.25) is 5.02 Å². The van der Waals surface area contributed by atoms with Crippen LogP contribution in [0.15, 0.2) is 41.3 Å². The summed E-state index contributed by atoms with van der Waals surface area (Å²) in [4.78, 5) is 26.4. The molecule has 1 aliphatic heterocycles. The molecular formula is C17H17ClN2O4. The van der Waals surface area contributed by atoms with E-state index in [2.05, 4.69) is 10.3 Å². The Bertz CT molecular complexity index is 788. The molecule has 0 unspecified atom stereocenters. The fraction of sp³-hybridized carbons (Fsp3) is 0.294. The van der Waals surface area contributed by atoms with Gasteiger partial charge in [-0.05, 0) is 24.1 Å². The van der Waals surface area contributed by atoms with Crippen LogP contribution in [0, 0.1) is 0 Å². The molecule has 1 saturated heterocycles. The smallest absolute Gasteiger partial charge is 0.256 e. The summed E-state index contributed by atoms with van der Waals surface area (Å²) >= 11 is 5.91. The third-order valence-electron chi connectivity index (χ3n) is 3.96. The Balaban J connectivity index is 1.78. The molecule has 6 nitrogen and oxygen atoms in total. The van der Waals surface area contributed by atoms with E-state index in [1.54, 1.807) is 12.1 Å². The number of carbonyl (C=O) groups excluding carboxylic acids is 1. The van der Waals surface area contributed by atoms with Crippen LogP contribution in [0.1, 0.15) is 28.4 Å². The minimum atomic E-state index is -0.327. The summed E-state index contributed by atoms with van der Waals surface area (Å²) in [5, 5.41) is 3.60. The third-order valence-corrected chi connectivity index (χ3v) is 4.21. The molecule has 0 saturated carbocycles. The lowest BCUT2D eigenvalue weighted by Crippen LogP contribution is -2.37. The number of halogens is 1. The van der Waals surface area contributed by atoms with E-state index >= 15 is 0 Å². The normalized spacial score (nSPS) is 19.9. The van der Waals surface area contributed by atoms with Crippen LogP contribution in [0.3, 0.4) is 0 Å². The molecule has 0 aliphatic carbocycles. The first-order chi connectivity index (χ1) is 11.6. The minimum absolute atomic E-state index is 0.171. The lowest BCUT2D eigenvalue weighted by atomic mass is 10.0. The topological polar surface area (TPSA) is 80.4 Å². The van der Waals surface area contributed by atoms with Crippen molar-refractivity contribution < 1.29 is 14.3 Å². The van der Waals surface area contributed by atoms with Gasteiger partial charge in [0.05, 0.1) is 18.7 Å². The van der Waals surface area contributed by atoms with Crippen molar-refractivity contribution >= 4 is 17.5 Å². The molecule has 24 heavy (non-hydrogen) atoms. The van der Waals surface area contributed by atoms with E-state index in [1.807, 2.05) is 12.1 Å². The highest BCUT2D eigenvalue weighted by Gasteiger charge is 2.31. The van der Waals surface area contributed by atoms with Gasteiger partial charge in [0.15, 0.2) is 0 Å². The van der Waals surface area contributed by atoms with E-state index in [-0.39, 0.29) is 34.9 Å². The van der Waals surface area contributed by atoms with Crippen molar-refractivity contribution in [1.82, 2.24) is 10.3 Å². The van der Waals surface area contributed by atoms with Crippen molar-refractivity contribution in [3.05, 3.63) is 63.0 Å². The van der Waals surface area contributed by atoms with Crippen molar-refractivity contribution in [2.75, 3.05) is 13.7 Å². The maximum atomic E-state index is 12.5. The fourth-order valence-corrected chi connectivity index (χ4v) is 2.89. The monoisotopic (exact) mass is 348 g/mol. The number of hydrogen-bond acceptors (Lipinski definition) is 4. The average molecular weight is 349 g/mol. The Kier molecular flexibility index (Phi) is 4.87. The molecule has 1 aromatic heterocycles. The lowest BCUT2D eigenvalue weighted by molar-refractivity contribution is 0.0819. The van der Waals surface area contributed by atoms with Gasteiger partial charge in [-0.1, -0.05) is 23.7 Å². The number of H-pyrrole nitrogens is 1. The van der Waals surface area contributed by atoms with Crippen molar-refractivity contribution in [3.63, 3.8) is 0 Å². The van der Waals surface area contributed by atoms with Crippen molar-refractivity contribution in [2.45, 2.75) is 18.6 Å². The first-order valence-electron chi connectivity index (χ1n) is 7.53. The Morgan fingerprint density at radius 2 is 2.12 bits per heavy atom. The molecule has 0 radical (unpaired) electrons. The van der Waals surface area contributed by atoms with Crippen LogP contribution in [-0.4, -0.2) is 30.6 Å². The van der Waals surface area contributed by atoms with Crippen molar-refractivity contribution in [3.8, 4) is 5.75 Å². The zero-order chi connectivity index (χ0) is 17.1. The third kappa shape index (κ3) is 3.44. The highest BCUT2D eigenvalue weighted by Crippen LogP contribution is 2.30. The van der Waals surface area contributed by atoms with Gasteiger partial charge in [-0.15, -0.1) is 0 Å². The predicted molar refractivity (Wildman–Crippen MR) is 89.6 cm³/mol. The first-order valence-corrected chi connectivity index (χ1v) is 7.91. The Morgan fingerprint density at radius 3 is 2.83 bits per heavy atom. The zero-order valence-electron chi connectivity index (χ0n) is 13.0. The van der Waals surface area contributed by atoms with E-state index in [4.69, 9.17) is 21.1 Å². The molecular weight excluding hydrogens is 332 g/mol. The van der Waals surface area contributed by atoms with Crippen molar-refractivity contribution in [2.24, 2.45) is 0 Å². The molecule has 3 rings (SSSR count). The van der Waals surface area contributed by atoms with Gasteiger partial charge < -0.3 is 19.8 Å². The van der Waals surface area contributed by atoms with E-state index in [0.29, 0.717) is 18.1 Å². The second-order valence-corrected chi connectivity index (χ2v) is 5.93. The molecule has 1 amide bonds. The van der Waals surface area contributed by atoms with Gasteiger partial charge in [0, 0.05) is 23.9 Å². The number of nitrogens with one attached hydrogen (secondary N) is 2. The SMILES string of the molecule is COc1cc(=O)[nH]cc1C(=O)N[C@@H]1CCO[C@H]1c1ccc(Cl)cc1. The van der Waals surface area contributed by atoms with Crippen LogP contribution >= 0.6 is 11.6 Å².